The second-order valence-corrected chi connectivity index (χ2v) is 5.82. The van der Waals surface area contributed by atoms with Gasteiger partial charge in [-0.15, -0.1) is 5.10 Å². The Kier molecular flexibility index (Phi) is 4.74. The molecule has 0 fully saturated rings. The van der Waals surface area contributed by atoms with Crippen LogP contribution in [0.4, 0.5) is 0 Å². The van der Waals surface area contributed by atoms with Crippen LogP contribution in [0.15, 0.2) is 48.5 Å². The van der Waals surface area contributed by atoms with E-state index in [1.165, 1.54) is 4.68 Å². The van der Waals surface area contributed by atoms with E-state index in [1.54, 1.807) is 25.2 Å². The standard InChI is InChI=1S/C18H18N4O3/c1-22-16-14(8-5-9-15(16)20-21-22)17(23)19-11-13(18(24)25)10-12-6-3-2-4-7-12/h2-9,13H,10-11H2,1H3,(H,19,23)(H,24,25). The number of para-hydroxylation sites is 1. The number of amides is 1. The summed E-state index contributed by atoms with van der Waals surface area (Å²) in [5.74, 6) is -1.98. The van der Waals surface area contributed by atoms with Crippen LogP contribution in [0.1, 0.15) is 15.9 Å². The maximum absolute atomic E-state index is 12.5. The van der Waals surface area contributed by atoms with E-state index in [1.807, 2.05) is 30.3 Å². The molecule has 0 bridgehead atoms. The van der Waals surface area contributed by atoms with E-state index in [-0.39, 0.29) is 12.5 Å². The minimum absolute atomic E-state index is 0.0464. The number of rotatable bonds is 6. The number of aromatic nitrogens is 3. The minimum Gasteiger partial charge on any atom is -0.481 e. The van der Waals surface area contributed by atoms with E-state index in [4.69, 9.17) is 0 Å². The predicted molar refractivity (Wildman–Crippen MR) is 92.1 cm³/mol. The summed E-state index contributed by atoms with van der Waals surface area (Å²) in [6, 6.07) is 14.5. The van der Waals surface area contributed by atoms with E-state index in [0.717, 1.165) is 5.56 Å². The number of hydrogen-bond acceptors (Lipinski definition) is 4. The van der Waals surface area contributed by atoms with Crippen molar-refractivity contribution in [3.05, 3.63) is 59.7 Å². The quantitative estimate of drug-likeness (QED) is 0.712. The Morgan fingerprint density at radius 1 is 1.16 bits per heavy atom. The van der Waals surface area contributed by atoms with Crippen LogP contribution in [0.5, 0.6) is 0 Å². The zero-order chi connectivity index (χ0) is 17.8. The number of fused-ring (bicyclic) bond motifs is 1. The molecule has 1 aromatic heterocycles. The first-order valence-electron chi connectivity index (χ1n) is 7.89. The fraction of sp³-hybridized carbons (Fsp3) is 0.222. The largest absolute Gasteiger partial charge is 0.481 e. The van der Waals surface area contributed by atoms with Gasteiger partial charge in [0.1, 0.15) is 11.0 Å². The Morgan fingerprint density at radius 2 is 1.92 bits per heavy atom. The lowest BCUT2D eigenvalue weighted by Gasteiger charge is -2.14. The van der Waals surface area contributed by atoms with Crippen molar-refractivity contribution in [1.29, 1.82) is 0 Å². The average Bonchev–Trinajstić information content (AvgIpc) is 3.00. The van der Waals surface area contributed by atoms with Crippen molar-refractivity contribution in [2.75, 3.05) is 6.54 Å². The molecule has 3 aromatic rings. The van der Waals surface area contributed by atoms with Gasteiger partial charge >= 0.3 is 5.97 Å². The van der Waals surface area contributed by atoms with Gasteiger partial charge in [0.15, 0.2) is 0 Å². The number of carbonyl (C=O) groups excluding carboxylic acids is 1. The van der Waals surface area contributed by atoms with Crippen molar-refractivity contribution >= 4 is 22.9 Å². The third-order valence-electron chi connectivity index (χ3n) is 4.05. The summed E-state index contributed by atoms with van der Waals surface area (Å²) in [5.41, 5.74) is 2.58. The summed E-state index contributed by atoms with van der Waals surface area (Å²) in [4.78, 5) is 24.0. The molecule has 0 aliphatic carbocycles. The molecular formula is C18H18N4O3. The molecule has 7 nitrogen and oxygen atoms in total. The van der Waals surface area contributed by atoms with Gasteiger partial charge in [-0.2, -0.15) is 0 Å². The van der Waals surface area contributed by atoms with E-state index >= 15 is 0 Å². The number of carboxylic acids is 1. The number of nitrogens with zero attached hydrogens (tertiary/aromatic N) is 3. The van der Waals surface area contributed by atoms with Crippen molar-refractivity contribution in [1.82, 2.24) is 20.3 Å². The second kappa shape index (κ2) is 7.12. The Hall–Kier alpha value is -3.22. The van der Waals surface area contributed by atoms with E-state index in [9.17, 15) is 14.7 Å². The SMILES string of the molecule is Cn1nnc2cccc(C(=O)NCC(Cc3ccccc3)C(=O)O)c21. The fourth-order valence-corrected chi connectivity index (χ4v) is 2.75. The first-order valence-corrected chi connectivity index (χ1v) is 7.89. The number of carbonyl (C=O) groups is 2. The molecule has 2 N–H and O–H groups in total. The summed E-state index contributed by atoms with van der Waals surface area (Å²) >= 11 is 0. The topological polar surface area (TPSA) is 97.1 Å². The molecule has 0 aliphatic heterocycles. The molecule has 1 amide bonds. The lowest BCUT2D eigenvalue weighted by atomic mass is 9.99. The highest BCUT2D eigenvalue weighted by atomic mass is 16.4. The molecule has 2 aromatic carbocycles. The smallest absolute Gasteiger partial charge is 0.308 e. The monoisotopic (exact) mass is 338 g/mol. The van der Waals surface area contributed by atoms with Gasteiger partial charge in [0.05, 0.1) is 11.5 Å². The van der Waals surface area contributed by atoms with Crippen LogP contribution in [-0.4, -0.2) is 38.5 Å². The summed E-state index contributed by atoms with van der Waals surface area (Å²) in [6.45, 7) is 0.0464. The van der Waals surface area contributed by atoms with Crippen LogP contribution in [0.25, 0.3) is 11.0 Å². The molecule has 0 aliphatic rings. The highest BCUT2D eigenvalue weighted by molar-refractivity contribution is 6.04. The average molecular weight is 338 g/mol. The lowest BCUT2D eigenvalue weighted by Crippen LogP contribution is -2.34. The molecule has 1 heterocycles. The lowest BCUT2D eigenvalue weighted by molar-refractivity contribution is -0.141. The minimum atomic E-state index is -0.940. The molecule has 0 saturated carbocycles. The summed E-state index contributed by atoms with van der Waals surface area (Å²) < 4.78 is 1.53. The van der Waals surface area contributed by atoms with Gasteiger partial charge in [-0.1, -0.05) is 41.6 Å². The Labute approximate surface area is 144 Å². The fourth-order valence-electron chi connectivity index (χ4n) is 2.75. The van der Waals surface area contributed by atoms with Crippen molar-refractivity contribution in [3.8, 4) is 0 Å². The normalized spacial score (nSPS) is 12.0. The third-order valence-corrected chi connectivity index (χ3v) is 4.05. The van der Waals surface area contributed by atoms with Crippen molar-refractivity contribution in [3.63, 3.8) is 0 Å². The molecule has 1 unspecified atom stereocenters. The van der Waals surface area contributed by atoms with Gasteiger partial charge in [0.2, 0.25) is 0 Å². The molecular weight excluding hydrogens is 320 g/mol. The van der Waals surface area contributed by atoms with Crippen LogP contribution < -0.4 is 5.32 Å². The number of aliphatic carboxylic acids is 1. The maximum Gasteiger partial charge on any atom is 0.308 e. The predicted octanol–water partition coefficient (Wildman–Crippen LogP) is 1.64. The molecule has 128 valence electrons. The van der Waals surface area contributed by atoms with Crippen LogP contribution >= 0.6 is 0 Å². The molecule has 1 atom stereocenters. The van der Waals surface area contributed by atoms with Gasteiger partial charge in [-0.3, -0.25) is 9.59 Å². The summed E-state index contributed by atoms with van der Waals surface area (Å²) in [7, 11) is 1.71. The highest BCUT2D eigenvalue weighted by Crippen LogP contribution is 2.16. The van der Waals surface area contributed by atoms with E-state index < -0.39 is 11.9 Å². The molecule has 0 radical (unpaired) electrons. The van der Waals surface area contributed by atoms with Crippen LogP contribution in [0.2, 0.25) is 0 Å². The molecule has 7 heteroatoms. The summed E-state index contributed by atoms with van der Waals surface area (Å²) in [6.07, 6.45) is 0.355. The second-order valence-electron chi connectivity index (χ2n) is 5.82. The molecule has 25 heavy (non-hydrogen) atoms. The van der Waals surface area contributed by atoms with Gasteiger partial charge in [0, 0.05) is 13.6 Å². The number of nitrogens with one attached hydrogen (secondary N) is 1. The van der Waals surface area contributed by atoms with Crippen molar-refractivity contribution < 1.29 is 14.7 Å². The Balaban J connectivity index is 1.73. The van der Waals surface area contributed by atoms with Gasteiger partial charge < -0.3 is 10.4 Å². The number of benzene rings is 2. The van der Waals surface area contributed by atoms with Crippen LogP contribution in [0.3, 0.4) is 0 Å². The number of aryl methyl sites for hydroxylation is 1. The van der Waals surface area contributed by atoms with E-state index in [0.29, 0.717) is 23.0 Å². The van der Waals surface area contributed by atoms with Gasteiger partial charge in [0.25, 0.3) is 5.91 Å². The van der Waals surface area contributed by atoms with Crippen molar-refractivity contribution in [2.45, 2.75) is 6.42 Å². The molecule has 3 rings (SSSR count). The Morgan fingerprint density at radius 3 is 2.64 bits per heavy atom. The van der Waals surface area contributed by atoms with Crippen LogP contribution in [-0.2, 0) is 18.3 Å². The van der Waals surface area contributed by atoms with Crippen LogP contribution in [0, 0.1) is 5.92 Å². The van der Waals surface area contributed by atoms with E-state index in [2.05, 4.69) is 15.6 Å². The zero-order valence-electron chi connectivity index (χ0n) is 13.7. The van der Waals surface area contributed by atoms with Crippen molar-refractivity contribution in [2.24, 2.45) is 13.0 Å². The molecule has 0 spiro atoms. The number of carboxylic acid groups (broad SMARTS) is 1. The highest BCUT2D eigenvalue weighted by Gasteiger charge is 2.20. The third kappa shape index (κ3) is 3.65. The summed E-state index contributed by atoms with van der Waals surface area (Å²) in [5, 5.41) is 20.0. The number of hydrogen-bond donors (Lipinski definition) is 2. The molecule has 0 saturated heterocycles. The Bertz CT molecular complexity index is 905. The van der Waals surface area contributed by atoms with Gasteiger partial charge in [-0.25, -0.2) is 4.68 Å². The van der Waals surface area contributed by atoms with Gasteiger partial charge in [-0.05, 0) is 24.1 Å². The first-order chi connectivity index (χ1) is 12.1. The maximum atomic E-state index is 12.5. The zero-order valence-corrected chi connectivity index (χ0v) is 13.7. The first kappa shape index (κ1) is 16.6.